The van der Waals surface area contributed by atoms with Crippen LogP contribution in [0.4, 0.5) is 0 Å². The minimum Gasteiger partial charge on any atom is -0.493 e. The van der Waals surface area contributed by atoms with E-state index in [9.17, 15) is 9.59 Å². The Bertz CT molecular complexity index is 660. The van der Waals surface area contributed by atoms with Crippen LogP contribution >= 0.6 is 12.2 Å². The molecule has 0 bridgehead atoms. The lowest BCUT2D eigenvalue weighted by Gasteiger charge is -2.17. The molecule has 0 atom stereocenters. The Hall–Kier alpha value is -2.67. The molecule has 1 saturated heterocycles. The zero-order chi connectivity index (χ0) is 16.1. The lowest BCUT2D eigenvalue weighted by atomic mass is 10.1. The molecule has 0 spiro atoms. The summed E-state index contributed by atoms with van der Waals surface area (Å²) >= 11 is 4.75. The number of hydrogen-bond acceptors (Lipinski definition) is 5. The summed E-state index contributed by atoms with van der Waals surface area (Å²) in [6.45, 7) is 3.85. The largest absolute Gasteiger partial charge is 0.493 e. The van der Waals surface area contributed by atoms with Crippen molar-refractivity contribution in [1.29, 1.82) is 0 Å². The molecule has 114 valence electrons. The number of amides is 2. The van der Waals surface area contributed by atoms with Crippen LogP contribution in [0.25, 0.3) is 6.08 Å². The molecule has 1 aliphatic heterocycles. The van der Waals surface area contributed by atoms with Crippen molar-refractivity contribution >= 4 is 35.2 Å². The summed E-state index contributed by atoms with van der Waals surface area (Å²) in [7, 11) is 1.51. The molecule has 2 rings (SSSR count). The summed E-state index contributed by atoms with van der Waals surface area (Å²) in [5, 5.41) is 4.74. The first kappa shape index (κ1) is 15.7. The van der Waals surface area contributed by atoms with Crippen molar-refractivity contribution < 1.29 is 19.1 Å². The van der Waals surface area contributed by atoms with Crippen LogP contribution in [-0.2, 0) is 9.59 Å². The Labute approximate surface area is 132 Å². The van der Waals surface area contributed by atoms with Crippen molar-refractivity contribution in [3.8, 4) is 11.5 Å². The van der Waals surface area contributed by atoms with E-state index in [4.69, 9.17) is 21.7 Å². The van der Waals surface area contributed by atoms with Crippen LogP contribution in [0.15, 0.2) is 36.4 Å². The van der Waals surface area contributed by atoms with E-state index in [1.165, 1.54) is 13.2 Å². The van der Waals surface area contributed by atoms with Gasteiger partial charge in [-0.3, -0.25) is 20.2 Å². The maximum atomic E-state index is 11.9. The number of methoxy groups -OCH3 is 1. The normalized spacial score (nSPS) is 14.0. The number of carbonyl (C=O) groups is 2. The van der Waals surface area contributed by atoms with Crippen molar-refractivity contribution in [3.05, 3.63) is 42.0 Å². The second kappa shape index (κ2) is 6.86. The first-order chi connectivity index (χ1) is 10.6. The SMILES string of the molecule is C=CCOc1c(C=C2C(=O)NC(=S)NC2=O)cccc1OC. The van der Waals surface area contributed by atoms with E-state index < -0.39 is 11.8 Å². The van der Waals surface area contributed by atoms with Crippen LogP contribution in [0.1, 0.15) is 5.56 Å². The topological polar surface area (TPSA) is 76.7 Å². The molecule has 1 aromatic carbocycles. The van der Waals surface area contributed by atoms with Crippen molar-refractivity contribution in [2.75, 3.05) is 13.7 Å². The molecule has 7 heteroatoms. The third-order valence-corrected chi connectivity index (χ3v) is 3.02. The van der Waals surface area contributed by atoms with E-state index >= 15 is 0 Å². The summed E-state index contributed by atoms with van der Waals surface area (Å²) in [5.74, 6) is -0.216. The van der Waals surface area contributed by atoms with Crippen LogP contribution < -0.4 is 20.1 Å². The van der Waals surface area contributed by atoms with E-state index in [1.54, 1.807) is 24.3 Å². The van der Waals surface area contributed by atoms with E-state index in [1.807, 2.05) is 0 Å². The van der Waals surface area contributed by atoms with E-state index in [2.05, 4.69) is 17.2 Å². The van der Waals surface area contributed by atoms with Gasteiger partial charge >= 0.3 is 0 Å². The van der Waals surface area contributed by atoms with Gasteiger partial charge in [-0.1, -0.05) is 24.8 Å². The quantitative estimate of drug-likeness (QED) is 0.369. The van der Waals surface area contributed by atoms with Crippen molar-refractivity contribution in [2.45, 2.75) is 0 Å². The third-order valence-electron chi connectivity index (χ3n) is 2.82. The molecule has 2 amide bonds. The Balaban J connectivity index is 2.45. The molecule has 6 nitrogen and oxygen atoms in total. The summed E-state index contributed by atoms with van der Waals surface area (Å²) in [5.41, 5.74) is 0.472. The summed E-state index contributed by atoms with van der Waals surface area (Å²) in [6.07, 6.45) is 3.01. The Morgan fingerprint density at radius 2 is 1.95 bits per heavy atom. The monoisotopic (exact) mass is 318 g/mol. The highest BCUT2D eigenvalue weighted by molar-refractivity contribution is 7.80. The zero-order valence-corrected chi connectivity index (χ0v) is 12.7. The van der Waals surface area contributed by atoms with Crippen LogP contribution in [0.5, 0.6) is 11.5 Å². The first-order valence-corrected chi connectivity index (χ1v) is 6.76. The smallest absolute Gasteiger partial charge is 0.263 e. The molecule has 0 unspecified atom stereocenters. The van der Waals surface area contributed by atoms with Crippen LogP contribution in [0, 0.1) is 0 Å². The molecule has 1 heterocycles. The lowest BCUT2D eigenvalue weighted by molar-refractivity contribution is -0.123. The predicted octanol–water partition coefficient (Wildman–Crippen LogP) is 1.17. The highest BCUT2D eigenvalue weighted by Crippen LogP contribution is 2.32. The summed E-state index contributed by atoms with van der Waals surface area (Å²) < 4.78 is 10.8. The lowest BCUT2D eigenvalue weighted by Crippen LogP contribution is -2.51. The highest BCUT2D eigenvalue weighted by Gasteiger charge is 2.26. The highest BCUT2D eigenvalue weighted by atomic mass is 32.1. The number of thiocarbonyl (C=S) groups is 1. The van der Waals surface area contributed by atoms with Gasteiger partial charge in [0, 0.05) is 5.56 Å². The van der Waals surface area contributed by atoms with E-state index in [0.29, 0.717) is 17.1 Å². The van der Waals surface area contributed by atoms with Gasteiger partial charge in [0.15, 0.2) is 16.6 Å². The standard InChI is InChI=1S/C15H14N2O4S/c1-3-7-21-12-9(5-4-6-11(12)20-2)8-10-13(18)16-15(22)17-14(10)19/h3-6,8H,1,7H2,2H3,(H2,16,17,18,19,22). The van der Waals surface area contributed by atoms with Gasteiger partial charge in [0.25, 0.3) is 11.8 Å². The van der Waals surface area contributed by atoms with Crippen LogP contribution in [0.2, 0.25) is 0 Å². The van der Waals surface area contributed by atoms with Crippen LogP contribution in [0.3, 0.4) is 0 Å². The number of rotatable bonds is 5. The van der Waals surface area contributed by atoms with Crippen molar-refractivity contribution in [2.24, 2.45) is 0 Å². The average molecular weight is 318 g/mol. The molecular formula is C15H14N2O4S. The second-order valence-corrected chi connectivity index (χ2v) is 4.68. The molecule has 2 N–H and O–H groups in total. The molecule has 22 heavy (non-hydrogen) atoms. The number of benzene rings is 1. The Morgan fingerprint density at radius 1 is 1.27 bits per heavy atom. The fraction of sp³-hybridized carbons (Fsp3) is 0.133. The van der Waals surface area contributed by atoms with Gasteiger partial charge in [-0.05, 0) is 24.4 Å². The maximum Gasteiger partial charge on any atom is 0.263 e. The maximum absolute atomic E-state index is 11.9. The zero-order valence-electron chi connectivity index (χ0n) is 11.8. The summed E-state index contributed by atoms with van der Waals surface area (Å²) in [6, 6.07) is 5.16. The minimum atomic E-state index is -0.564. The molecular weight excluding hydrogens is 304 g/mol. The first-order valence-electron chi connectivity index (χ1n) is 6.36. The number of ether oxygens (including phenoxy) is 2. The van der Waals surface area contributed by atoms with E-state index in [-0.39, 0.29) is 17.3 Å². The predicted molar refractivity (Wildman–Crippen MR) is 85.5 cm³/mol. The fourth-order valence-corrected chi connectivity index (χ4v) is 2.05. The second-order valence-electron chi connectivity index (χ2n) is 4.27. The molecule has 0 radical (unpaired) electrons. The molecule has 0 saturated carbocycles. The molecule has 0 aliphatic carbocycles. The van der Waals surface area contributed by atoms with Gasteiger partial charge in [0.05, 0.1) is 7.11 Å². The molecule has 1 aromatic rings. The number of hydrogen-bond donors (Lipinski definition) is 2. The van der Waals surface area contributed by atoms with Gasteiger partial charge in [-0.25, -0.2) is 0 Å². The average Bonchev–Trinajstić information content (AvgIpc) is 2.49. The summed E-state index contributed by atoms with van der Waals surface area (Å²) in [4.78, 5) is 23.8. The van der Waals surface area contributed by atoms with E-state index in [0.717, 1.165) is 0 Å². The van der Waals surface area contributed by atoms with Crippen LogP contribution in [-0.4, -0.2) is 30.6 Å². The molecule has 1 aliphatic rings. The third kappa shape index (κ3) is 3.32. The van der Waals surface area contributed by atoms with Crippen molar-refractivity contribution in [3.63, 3.8) is 0 Å². The Kier molecular flexibility index (Phi) is 4.90. The van der Waals surface area contributed by atoms with Gasteiger partial charge in [0.2, 0.25) is 0 Å². The van der Waals surface area contributed by atoms with Gasteiger partial charge in [-0.2, -0.15) is 0 Å². The fourth-order valence-electron chi connectivity index (χ4n) is 1.87. The Morgan fingerprint density at radius 3 is 2.55 bits per heavy atom. The number of para-hydroxylation sites is 1. The van der Waals surface area contributed by atoms with Gasteiger partial charge in [0.1, 0.15) is 12.2 Å². The van der Waals surface area contributed by atoms with Crippen molar-refractivity contribution in [1.82, 2.24) is 10.6 Å². The number of carbonyl (C=O) groups excluding carboxylic acids is 2. The molecule has 0 aromatic heterocycles. The molecule has 1 fully saturated rings. The van der Waals surface area contributed by atoms with Gasteiger partial charge in [-0.15, -0.1) is 0 Å². The minimum absolute atomic E-state index is 0.0130. The number of nitrogens with one attached hydrogen (secondary N) is 2. The van der Waals surface area contributed by atoms with Gasteiger partial charge < -0.3 is 9.47 Å².